The molecule has 0 saturated heterocycles. The largest absolute Gasteiger partial charge is 0.494 e. The normalized spacial score (nSPS) is 11.9. The van der Waals surface area contributed by atoms with Crippen molar-refractivity contribution < 1.29 is 17.9 Å². The van der Waals surface area contributed by atoms with Crippen molar-refractivity contribution in [3.05, 3.63) is 154 Å². The third kappa shape index (κ3) is 6.48. The highest BCUT2D eigenvalue weighted by Crippen LogP contribution is 2.30. The van der Waals surface area contributed by atoms with Gasteiger partial charge in [-0.3, -0.25) is 9.52 Å². The van der Waals surface area contributed by atoms with Crippen LogP contribution < -0.4 is 10.3 Å². The fourth-order valence-electron chi connectivity index (χ4n) is 5.88. The van der Waals surface area contributed by atoms with E-state index in [1.54, 1.807) is 36.4 Å². The van der Waals surface area contributed by atoms with Gasteiger partial charge in [0.2, 0.25) is 11.8 Å². The lowest BCUT2D eigenvalue weighted by Crippen LogP contribution is -2.21. The minimum absolute atomic E-state index is 0.0760. The zero-order valence-corrected chi connectivity index (χ0v) is 27.9. The van der Waals surface area contributed by atoms with Crippen LogP contribution in [-0.2, 0) is 23.0 Å². The van der Waals surface area contributed by atoms with Crippen LogP contribution in [0.3, 0.4) is 0 Å². The van der Waals surface area contributed by atoms with Gasteiger partial charge in [-0.25, -0.2) is 27.4 Å². The zero-order chi connectivity index (χ0) is 34.8. The molecular weight excluding hydrogens is 677 g/mol. The number of nitrogens with zero attached hydrogens (tertiary/aromatic N) is 4. The van der Waals surface area contributed by atoms with Gasteiger partial charge in [0.25, 0.3) is 15.6 Å². The van der Waals surface area contributed by atoms with Gasteiger partial charge in [-0.2, -0.15) is 0 Å². The summed E-state index contributed by atoms with van der Waals surface area (Å²) in [5.41, 5.74) is 2.21. The molecule has 0 amide bonds. The summed E-state index contributed by atoms with van der Waals surface area (Å²) < 4.78 is 46.1. The van der Waals surface area contributed by atoms with Crippen molar-refractivity contribution in [3.63, 3.8) is 0 Å². The number of aromatic hydroxyl groups is 1. The van der Waals surface area contributed by atoms with Gasteiger partial charge in [0.05, 0.1) is 32.9 Å². The zero-order valence-electron chi connectivity index (χ0n) is 26.4. The molecule has 0 aliphatic carbocycles. The quantitative estimate of drug-likeness (QED) is 0.140. The number of anilines is 1. The summed E-state index contributed by atoms with van der Waals surface area (Å²) in [4.78, 5) is 23.0. The Hall–Kier alpha value is -5.78. The maximum Gasteiger partial charge on any atom is 0.265 e. The minimum atomic E-state index is -4.27. The van der Waals surface area contributed by atoms with Crippen LogP contribution >= 0.6 is 11.6 Å². The van der Waals surface area contributed by atoms with E-state index in [-0.39, 0.29) is 27.2 Å². The highest BCUT2D eigenvalue weighted by molar-refractivity contribution is 7.92. The van der Waals surface area contributed by atoms with Gasteiger partial charge in [-0.1, -0.05) is 78.3 Å². The second-order valence-corrected chi connectivity index (χ2v) is 13.7. The Balaban J connectivity index is 1.30. The topological polar surface area (TPSA) is 119 Å². The molecule has 2 heterocycles. The number of nitrogens with one attached hydrogen (secondary N) is 1. The van der Waals surface area contributed by atoms with Gasteiger partial charge in [0, 0.05) is 28.6 Å². The molecule has 0 atom stereocenters. The lowest BCUT2D eigenvalue weighted by Gasteiger charge is -2.15. The van der Waals surface area contributed by atoms with Crippen molar-refractivity contribution in [2.45, 2.75) is 24.3 Å². The third-order valence-electron chi connectivity index (χ3n) is 8.30. The van der Waals surface area contributed by atoms with E-state index in [1.165, 1.54) is 54.2 Å². The predicted octanol–water partition coefficient (Wildman–Crippen LogP) is 8.02. The lowest BCUT2D eigenvalue weighted by atomic mass is 10.1. The van der Waals surface area contributed by atoms with Crippen LogP contribution in [0.15, 0.2) is 136 Å². The summed E-state index contributed by atoms with van der Waals surface area (Å²) in [6.07, 6.45) is 3.10. The standard InChI is InChI=1S/C38H29ClFN5O4S/c39-26-19-20-35-34(22-26)42-38(44(35)21-9-12-25-10-2-1-3-11-25)41-24-31-29-15-4-5-16-30(29)36(46)45(37(31)47)27-13-8-14-28(23-27)50(48,49)43-33-18-7-6-17-32(33)40/h1-8,10-11,13-20,22-24,43,47H,9,12,21H2/b41-24+. The summed E-state index contributed by atoms with van der Waals surface area (Å²) in [5.74, 6) is -0.819. The molecule has 0 aliphatic rings. The van der Waals surface area contributed by atoms with Crippen LogP contribution in [-0.4, -0.2) is 33.9 Å². The van der Waals surface area contributed by atoms with E-state index >= 15 is 0 Å². The number of aliphatic imine (C=N–C) groups is 1. The fourth-order valence-corrected chi connectivity index (χ4v) is 7.16. The number of pyridine rings is 1. The van der Waals surface area contributed by atoms with Gasteiger partial charge in [-0.05, 0) is 73.0 Å². The first kappa shape index (κ1) is 32.8. The Morgan fingerprint density at radius 2 is 1.62 bits per heavy atom. The summed E-state index contributed by atoms with van der Waals surface area (Å²) >= 11 is 6.29. The van der Waals surface area contributed by atoms with E-state index in [4.69, 9.17) is 21.6 Å². The van der Waals surface area contributed by atoms with Crippen molar-refractivity contribution in [1.82, 2.24) is 14.1 Å². The molecule has 0 fully saturated rings. The average Bonchev–Trinajstić information content (AvgIpc) is 3.45. The molecule has 0 spiro atoms. The highest BCUT2D eigenvalue weighted by Gasteiger charge is 2.21. The van der Waals surface area contributed by atoms with E-state index in [0.717, 1.165) is 29.0 Å². The molecule has 0 saturated carbocycles. The first-order valence-corrected chi connectivity index (χ1v) is 17.5. The third-order valence-corrected chi connectivity index (χ3v) is 9.90. The molecule has 50 heavy (non-hydrogen) atoms. The maximum absolute atomic E-state index is 14.3. The van der Waals surface area contributed by atoms with Crippen LogP contribution in [0.1, 0.15) is 17.5 Å². The molecule has 12 heteroatoms. The SMILES string of the molecule is O=c1c2ccccc2c(/C=N/c2nc3cc(Cl)ccc3n2CCCc2ccccc2)c(O)n1-c1cccc(S(=O)(=O)Nc2ccccc2F)c1. The lowest BCUT2D eigenvalue weighted by molar-refractivity contribution is 0.436. The minimum Gasteiger partial charge on any atom is -0.494 e. The van der Waals surface area contributed by atoms with E-state index in [1.807, 2.05) is 28.8 Å². The van der Waals surface area contributed by atoms with Crippen molar-refractivity contribution in [3.8, 4) is 11.6 Å². The Labute approximate surface area is 291 Å². The Kier molecular flexibility index (Phi) is 8.92. The van der Waals surface area contributed by atoms with Gasteiger partial charge >= 0.3 is 0 Å². The van der Waals surface area contributed by atoms with Crippen LogP contribution in [0.5, 0.6) is 5.88 Å². The molecular formula is C38H29ClFN5O4S. The van der Waals surface area contributed by atoms with Gasteiger partial charge in [-0.15, -0.1) is 0 Å². The number of aromatic nitrogens is 3. The Morgan fingerprint density at radius 1 is 0.880 bits per heavy atom. The van der Waals surface area contributed by atoms with Gasteiger partial charge in [0.1, 0.15) is 5.82 Å². The molecule has 0 aliphatic heterocycles. The summed E-state index contributed by atoms with van der Waals surface area (Å²) in [6, 6.07) is 33.2. The first-order chi connectivity index (χ1) is 24.2. The molecule has 2 N–H and O–H groups in total. The van der Waals surface area contributed by atoms with E-state index in [2.05, 4.69) is 16.9 Å². The van der Waals surface area contributed by atoms with Crippen LogP contribution in [0.2, 0.25) is 5.02 Å². The summed E-state index contributed by atoms with van der Waals surface area (Å²) in [6.45, 7) is 0.605. The van der Waals surface area contributed by atoms with E-state index < -0.39 is 27.3 Å². The summed E-state index contributed by atoms with van der Waals surface area (Å²) in [7, 11) is -4.27. The van der Waals surface area contributed by atoms with E-state index in [9.17, 15) is 22.7 Å². The second kappa shape index (κ2) is 13.6. The van der Waals surface area contributed by atoms with Crippen LogP contribution in [0.4, 0.5) is 16.0 Å². The van der Waals surface area contributed by atoms with Gasteiger partial charge < -0.3 is 9.67 Å². The van der Waals surface area contributed by atoms with Crippen molar-refractivity contribution in [2.75, 3.05) is 4.72 Å². The smallest absolute Gasteiger partial charge is 0.265 e. The van der Waals surface area contributed by atoms with Crippen LogP contribution in [0, 0.1) is 5.82 Å². The second-order valence-electron chi connectivity index (χ2n) is 11.5. The maximum atomic E-state index is 14.3. The van der Waals surface area contributed by atoms with Gasteiger partial charge in [0.15, 0.2) is 0 Å². The molecule has 0 bridgehead atoms. The number of fused-ring (bicyclic) bond motifs is 2. The Bertz CT molecular complexity index is 2590. The molecule has 0 unspecified atom stereocenters. The predicted molar refractivity (Wildman–Crippen MR) is 195 cm³/mol. The van der Waals surface area contributed by atoms with Crippen molar-refractivity contribution in [2.24, 2.45) is 4.99 Å². The Morgan fingerprint density at radius 3 is 2.42 bits per heavy atom. The average molecular weight is 706 g/mol. The number of rotatable bonds is 10. The molecule has 9 nitrogen and oxygen atoms in total. The number of imidazole rings is 1. The van der Waals surface area contributed by atoms with Crippen LogP contribution in [0.25, 0.3) is 27.5 Å². The molecule has 7 aromatic rings. The first-order valence-electron chi connectivity index (χ1n) is 15.7. The fraction of sp³-hybridized carbons (Fsp3) is 0.0789. The molecule has 0 radical (unpaired) electrons. The number of hydrogen-bond donors (Lipinski definition) is 2. The van der Waals surface area contributed by atoms with Crippen molar-refractivity contribution >= 4 is 61.3 Å². The molecule has 7 rings (SSSR count). The number of sulfonamides is 1. The number of aryl methyl sites for hydroxylation is 2. The number of benzene rings is 5. The highest BCUT2D eigenvalue weighted by atomic mass is 35.5. The monoisotopic (exact) mass is 705 g/mol. The van der Waals surface area contributed by atoms with Crippen molar-refractivity contribution in [1.29, 1.82) is 0 Å². The number of hydrogen-bond acceptors (Lipinski definition) is 6. The molecule has 5 aromatic carbocycles. The number of halogens is 2. The molecule has 250 valence electrons. The number of para-hydroxylation sites is 1. The van der Waals surface area contributed by atoms with E-state index in [0.29, 0.717) is 28.4 Å². The summed E-state index contributed by atoms with van der Waals surface area (Å²) in [5, 5.41) is 12.9. The molecule has 2 aromatic heterocycles.